The first kappa shape index (κ1) is 14.5. The molecule has 0 unspecified atom stereocenters. The minimum absolute atomic E-state index is 0.256. The van der Waals surface area contributed by atoms with E-state index in [-0.39, 0.29) is 6.10 Å². The van der Waals surface area contributed by atoms with Crippen molar-refractivity contribution in [2.45, 2.75) is 71.3 Å². The van der Waals surface area contributed by atoms with Crippen LogP contribution >= 0.6 is 0 Å². The van der Waals surface area contributed by atoms with E-state index in [1.807, 2.05) is 6.92 Å². The van der Waals surface area contributed by atoms with Crippen LogP contribution in [0, 0.1) is 16.7 Å². The number of halogens is 2. The number of hydrogen-bond donors (Lipinski definition) is 0. The van der Waals surface area contributed by atoms with E-state index in [4.69, 9.17) is 4.74 Å². The van der Waals surface area contributed by atoms with E-state index in [1.165, 1.54) is 12.8 Å². The van der Waals surface area contributed by atoms with Crippen molar-refractivity contribution in [3.63, 3.8) is 0 Å². The molecule has 2 fully saturated rings. The average molecular weight is 284 g/mol. The first-order chi connectivity index (χ1) is 9.45. The van der Waals surface area contributed by atoms with Crippen molar-refractivity contribution < 1.29 is 13.5 Å². The molecule has 0 radical (unpaired) electrons. The van der Waals surface area contributed by atoms with Crippen molar-refractivity contribution in [2.24, 2.45) is 16.7 Å². The van der Waals surface area contributed by atoms with Crippen LogP contribution < -0.4 is 0 Å². The van der Waals surface area contributed by atoms with Gasteiger partial charge in [0.25, 0.3) is 0 Å². The summed E-state index contributed by atoms with van der Waals surface area (Å²) in [5.41, 5.74) is -1.18. The molecule has 1 nitrogen and oxygen atoms in total. The Kier molecular flexibility index (Phi) is 3.68. The maximum absolute atomic E-state index is 14.4. The second-order valence-electron chi connectivity index (χ2n) is 7.66. The minimum atomic E-state index is -0.648. The highest BCUT2D eigenvalue weighted by Gasteiger charge is 2.53. The van der Waals surface area contributed by atoms with Crippen LogP contribution in [0.25, 0.3) is 0 Å². The normalized spacial score (nSPS) is 45.0. The molecule has 0 atom stereocenters. The van der Waals surface area contributed by atoms with Gasteiger partial charge in [-0.3, -0.25) is 0 Å². The molecule has 4 aliphatic rings. The molecule has 4 aliphatic carbocycles. The van der Waals surface area contributed by atoms with Crippen LogP contribution in [0.15, 0.2) is 11.7 Å². The first-order valence-electron chi connectivity index (χ1n) is 8.13. The van der Waals surface area contributed by atoms with E-state index >= 15 is 0 Å². The number of ether oxygens (including phenoxy) is 1. The zero-order valence-corrected chi connectivity index (χ0v) is 12.7. The van der Waals surface area contributed by atoms with Crippen LogP contribution in [0.2, 0.25) is 0 Å². The topological polar surface area (TPSA) is 9.23 Å². The molecule has 114 valence electrons. The summed E-state index contributed by atoms with van der Waals surface area (Å²) in [6.07, 6.45) is 7.80. The zero-order chi connectivity index (χ0) is 14.4. The van der Waals surface area contributed by atoms with Crippen molar-refractivity contribution in [3.05, 3.63) is 11.7 Å². The maximum Gasteiger partial charge on any atom is 0.140 e. The van der Waals surface area contributed by atoms with E-state index in [9.17, 15) is 8.78 Å². The van der Waals surface area contributed by atoms with E-state index in [0.29, 0.717) is 6.61 Å². The van der Waals surface area contributed by atoms with Gasteiger partial charge in [0.15, 0.2) is 0 Å². The van der Waals surface area contributed by atoms with E-state index in [1.54, 1.807) is 0 Å². The molecule has 0 aromatic heterocycles. The van der Waals surface area contributed by atoms with Gasteiger partial charge in [0.05, 0.1) is 12.7 Å². The Labute approximate surface area is 120 Å². The van der Waals surface area contributed by atoms with Gasteiger partial charge in [-0.25, -0.2) is 8.78 Å². The molecule has 2 bridgehead atoms. The lowest BCUT2D eigenvalue weighted by molar-refractivity contribution is -0.0611. The van der Waals surface area contributed by atoms with Gasteiger partial charge in [-0.1, -0.05) is 13.8 Å². The summed E-state index contributed by atoms with van der Waals surface area (Å²) in [6.45, 7) is 4.51. The maximum atomic E-state index is 14.4. The SMILES string of the molecule is CC1CCC(OCC23CCC(C)(CC2)C(F)=C3F)CC1. The third kappa shape index (κ3) is 2.32. The van der Waals surface area contributed by atoms with Gasteiger partial charge in [0.1, 0.15) is 11.7 Å². The highest BCUT2D eigenvalue weighted by atomic mass is 19.2. The predicted octanol–water partition coefficient (Wildman–Crippen LogP) is 5.31. The van der Waals surface area contributed by atoms with Crippen LogP contribution in [0.4, 0.5) is 8.78 Å². The molecule has 0 amide bonds. The van der Waals surface area contributed by atoms with Crippen LogP contribution in [0.5, 0.6) is 0 Å². The molecule has 0 aromatic rings. The molecule has 0 heterocycles. The first-order valence-corrected chi connectivity index (χ1v) is 8.13. The average Bonchev–Trinajstić information content (AvgIpc) is 2.46. The van der Waals surface area contributed by atoms with Crippen molar-refractivity contribution in [2.75, 3.05) is 6.61 Å². The Bertz CT molecular complexity index is 399. The van der Waals surface area contributed by atoms with Gasteiger partial charge < -0.3 is 4.74 Å². The van der Waals surface area contributed by atoms with Crippen LogP contribution in [0.1, 0.15) is 65.2 Å². The van der Waals surface area contributed by atoms with Gasteiger partial charge in [-0.15, -0.1) is 0 Å². The summed E-state index contributed by atoms with van der Waals surface area (Å²) in [6, 6.07) is 0. The number of fused-ring (bicyclic) bond motifs is 2. The van der Waals surface area contributed by atoms with Crippen molar-refractivity contribution >= 4 is 0 Å². The lowest BCUT2D eigenvalue weighted by Crippen LogP contribution is -2.44. The van der Waals surface area contributed by atoms with Gasteiger partial charge in [0, 0.05) is 10.8 Å². The largest absolute Gasteiger partial charge is 0.377 e. The summed E-state index contributed by atoms with van der Waals surface area (Å²) >= 11 is 0. The Hall–Kier alpha value is -0.440. The Morgan fingerprint density at radius 1 is 1.00 bits per heavy atom. The third-order valence-electron chi connectivity index (χ3n) is 6.06. The minimum Gasteiger partial charge on any atom is -0.377 e. The lowest BCUT2D eigenvalue weighted by atomic mass is 9.58. The summed E-state index contributed by atoms with van der Waals surface area (Å²) in [5, 5.41) is 0. The van der Waals surface area contributed by atoms with Crippen molar-refractivity contribution in [1.82, 2.24) is 0 Å². The molecular weight excluding hydrogens is 258 g/mol. The standard InChI is InChI=1S/C17H26F2O/c1-12-3-5-13(6-4-12)20-11-17-9-7-16(2,8-10-17)14(18)15(17)19/h12-13H,3-11H2,1-2H3. The fourth-order valence-corrected chi connectivity index (χ4v) is 4.10. The summed E-state index contributed by atoms with van der Waals surface area (Å²) < 4.78 is 34.6. The molecule has 0 N–H and O–H groups in total. The summed E-state index contributed by atoms with van der Waals surface area (Å²) in [7, 11) is 0. The molecule has 0 aromatic carbocycles. The number of hydrogen-bond acceptors (Lipinski definition) is 1. The van der Waals surface area contributed by atoms with Gasteiger partial charge in [-0.05, 0) is 57.3 Å². The molecule has 0 spiro atoms. The third-order valence-corrected chi connectivity index (χ3v) is 6.06. The molecule has 3 heteroatoms. The van der Waals surface area contributed by atoms with Gasteiger partial charge >= 0.3 is 0 Å². The summed E-state index contributed by atoms with van der Waals surface area (Å²) in [5.74, 6) is -0.204. The van der Waals surface area contributed by atoms with Crippen molar-refractivity contribution in [1.29, 1.82) is 0 Å². The second kappa shape index (κ2) is 5.08. The fraction of sp³-hybridized carbons (Fsp3) is 0.882. The van der Waals surface area contributed by atoms with Crippen LogP contribution in [0.3, 0.4) is 0 Å². The Morgan fingerprint density at radius 2 is 1.60 bits per heavy atom. The Balaban J connectivity index is 1.65. The smallest absolute Gasteiger partial charge is 0.140 e. The zero-order valence-electron chi connectivity index (χ0n) is 12.7. The second-order valence-corrected chi connectivity index (χ2v) is 7.66. The van der Waals surface area contributed by atoms with Crippen LogP contribution in [-0.4, -0.2) is 12.7 Å². The highest BCUT2D eigenvalue weighted by molar-refractivity contribution is 5.26. The van der Waals surface area contributed by atoms with Crippen molar-refractivity contribution in [3.8, 4) is 0 Å². The summed E-state index contributed by atoms with van der Waals surface area (Å²) in [4.78, 5) is 0. The number of allylic oxidation sites excluding steroid dienone is 1. The monoisotopic (exact) mass is 284 g/mol. The van der Waals surface area contributed by atoms with Gasteiger partial charge in [-0.2, -0.15) is 0 Å². The molecule has 0 saturated heterocycles. The fourth-order valence-electron chi connectivity index (χ4n) is 4.10. The highest BCUT2D eigenvalue weighted by Crippen LogP contribution is 2.60. The molecule has 0 aliphatic heterocycles. The van der Waals surface area contributed by atoms with Crippen LogP contribution in [-0.2, 0) is 4.74 Å². The molecular formula is C17H26F2O. The van der Waals surface area contributed by atoms with E-state index in [0.717, 1.165) is 44.4 Å². The lowest BCUT2D eigenvalue weighted by Gasteiger charge is -2.49. The van der Waals surface area contributed by atoms with Gasteiger partial charge in [0.2, 0.25) is 0 Å². The Morgan fingerprint density at radius 3 is 2.20 bits per heavy atom. The molecule has 2 saturated carbocycles. The number of rotatable bonds is 3. The van der Waals surface area contributed by atoms with E-state index in [2.05, 4.69) is 6.92 Å². The molecule has 4 rings (SSSR count). The predicted molar refractivity (Wildman–Crippen MR) is 75.6 cm³/mol. The van der Waals surface area contributed by atoms with E-state index < -0.39 is 22.5 Å². The molecule has 20 heavy (non-hydrogen) atoms. The quantitative estimate of drug-likeness (QED) is 0.682.